The minimum absolute atomic E-state index is 0. The number of aromatic hydroxyl groups is 2. The minimum Gasteiger partial charge on any atom is -0.508 e. The van der Waals surface area contributed by atoms with E-state index in [2.05, 4.69) is 20.6 Å². The molecular weight excluding hydrogens is 583 g/mol. The van der Waals surface area contributed by atoms with Crippen molar-refractivity contribution in [2.24, 2.45) is 11.5 Å². The average molecular weight is 624 g/mol. The zero-order valence-electron chi connectivity index (χ0n) is 23.5. The van der Waals surface area contributed by atoms with Crippen molar-refractivity contribution in [3.8, 4) is 11.5 Å². The number of aryl methyl sites for hydroxylation is 3. The number of nitrogens with zero attached hydrogens (tertiary/aromatic N) is 1. The Balaban J connectivity index is 0.00000441. The first-order chi connectivity index (χ1) is 19.1. The Kier molecular flexibility index (Phi) is 15.6. The van der Waals surface area contributed by atoms with Crippen LogP contribution in [-0.2, 0) is 35.3 Å². The molecule has 2 amide bonds. The molecule has 230 valence electrons. The number of carbonyl (C=O) groups is 2. The standard InChI is InChI=1S/C29H38N6O5.2ClH/c1-18-25(4-2-14-32-27(38)23(30)16-19-6-10-21(36)11-7-19)35-29(40)26(34-18)5-3-15-33-28(39)24(31)17-20-8-12-22(37)13-9-20;;/h6-13,23-24,36-37H,2-5,14-17,30-31H2,1H3,(H,32,38)(H,33,39)(H,35,40);2*1H. The molecule has 1 heterocycles. The predicted octanol–water partition coefficient (Wildman–Crippen LogP) is 1.57. The number of phenolic OH excluding ortho intramolecular Hbond substituents is 2. The Morgan fingerprint density at radius 2 is 1.24 bits per heavy atom. The number of nitrogens with two attached hydrogens (primary N) is 2. The molecule has 13 heteroatoms. The fraction of sp³-hybridized carbons (Fsp3) is 0.379. The topological polar surface area (TPSA) is 196 Å². The zero-order chi connectivity index (χ0) is 29.1. The van der Waals surface area contributed by atoms with Crippen LogP contribution in [0.1, 0.15) is 41.1 Å². The van der Waals surface area contributed by atoms with E-state index in [4.69, 9.17) is 11.5 Å². The minimum atomic E-state index is -0.715. The summed E-state index contributed by atoms with van der Waals surface area (Å²) < 4.78 is 0. The van der Waals surface area contributed by atoms with Gasteiger partial charge in [-0.2, -0.15) is 0 Å². The summed E-state index contributed by atoms with van der Waals surface area (Å²) >= 11 is 0. The van der Waals surface area contributed by atoms with E-state index in [9.17, 15) is 24.6 Å². The number of amides is 2. The van der Waals surface area contributed by atoms with Crippen LogP contribution in [-0.4, -0.2) is 57.2 Å². The van der Waals surface area contributed by atoms with Crippen LogP contribution in [0.3, 0.4) is 0 Å². The monoisotopic (exact) mass is 622 g/mol. The number of hydrogen-bond acceptors (Lipinski definition) is 8. The normalized spacial score (nSPS) is 11.9. The van der Waals surface area contributed by atoms with Crippen LogP contribution < -0.4 is 27.7 Å². The van der Waals surface area contributed by atoms with Gasteiger partial charge in [0.15, 0.2) is 0 Å². The van der Waals surface area contributed by atoms with Gasteiger partial charge in [-0.25, -0.2) is 0 Å². The van der Waals surface area contributed by atoms with Gasteiger partial charge in [-0.15, -0.1) is 24.8 Å². The number of rotatable bonds is 14. The van der Waals surface area contributed by atoms with E-state index < -0.39 is 12.1 Å². The molecule has 42 heavy (non-hydrogen) atoms. The van der Waals surface area contributed by atoms with Crippen molar-refractivity contribution in [3.63, 3.8) is 0 Å². The van der Waals surface area contributed by atoms with Gasteiger partial charge in [0.1, 0.15) is 17.2 Å². The third-order valence-corrected chi connectivity index (χ3v) is 6.52. The lowest BCUT2D eigenvalue weighted by Gasteiger charge is -2.13. The van der Waals surface area contributed by atoms with E-state index in [0.717, 1.165) is 11.1 Å². The highest BCUT2D eigenvalue weighted by Crippen LogP contribution is 2.12. The van der Waals surface area contributed by atoms with Gasteiger partial charge in [0.25, 0.3) is 5.56 Å². The summed E-state index contributed by atoms with van der Waals surface area (Å²) in [4.78, 5) is 44.5. The predicted molar refractivity (Wildman–Crippen MR) is 166 cm³/mol. The zero-order valence-corrected chi connectivity index (χ0v) is 25.1. The maximum atomic E-state index is 12.5. The number of carbonyl (C=O) groups excluding carboxylic acids is 2. The third-order valence-electron chi connectivity index (χ3n) is 6.52. The van der Waals surface area contributed by atoms with Crippen LogP contribution in [0, 0.1) is 6.92 Å². The quantitative estimate of drug-likeness (QED) is 0.131. The van der Waals surface area contributed by atoms with E-state index in [1.54, 1.807) is 48.5 Å². The van der Waals surface area contributed by atoms with Crippen LogP contribution in [0.15, 0.2) is 53.3 Å². The van der Waals surface area contributed by atoms with E-state index in [0.29, 0.717) is 68.7 Å². The van der Waals surface area contributed by atoms with Crippen molar-refractivity contribution < 1.29 is 19.8 Å². The molecule has 0 fully saturated rings. The first-order valence-electron chi connectivity index (χ1n) is 13.3. The molecule has 1 aromatic heterocycles. The molecule has 0 spiro atoms. The molecule has 2 atom stereocenters. The van der Waals surface area contributed by atoms with Crippen LogP contribution in [0.2, 0.25) is 0 Å². The van der Waals surface area contributed by atoms with Crippen molar-refractivity contribution in [1.29, 1.82) is 0 Å². The van der Waals surface area contributed by atoms with Crippen molar-refractivity contribution in [2.45, 2.75) is 57.5 Å². The molecule has 0 bridgehead atoms. The summed E-state index contributed by atoms with van der Waals surface area (Å²) in [5, 5.41) is 24.3. The Morgan fingerprint density at radius 3 is 1.69 bits per heavy atom. The van der Waals surface area contributed by atoms with Gasteiger partial charge in [0.2, 0.25) is 11.8 Å². The molecule has 9 N–H and O–H groups in total. The van der Waals surface area contributed by atoms with Gasteiger partial charge in [0.05, 0.1) is 17.8 Å². The fourth-order valence-electron chi connectivity index (χ4n) is 4.20. The lowest BCUT2D eigenvalue weighted by atomic mass is 10.1. The Morgan fingerprint density at radius 1 is 0.810 bits per heavy atom. The van der Waals surface area contributed by atoms with Crippen LogP contribution >= 0.6 is 24.8 Å². The van der Waals surface area contributed by atoms with Crippen LogP contribution in [0.4, 0.5) is 0 Å². The molecule has 3 rings (SSSR count). The molecule has 0 aliphatic heterocycles. The molecule has 2 unspecified atom stereocenters. The first-order valence-corrected chi connectivity index (χ1v) is 13.3. The fourth-order valence-corrected chi connectivity index (χ4v) is 4.20. The van der Waals surface area contributed by atoms with Gasteiger partial charge in [-0.3, -0.25) is 19.4 Å². The van der Waals surface area contributed by atoms with Gasteiger partial charge < -0.3 is 37.3 Å². The Labute approximate surface area is 257 Å². The largest absolute Gasteiger partial charge is 0.508 e. The summed E-state index contributed by atoms with van der Waals surface area (Å²) in [7, 11) is 0. The SMILES string of the molecule is Cc1nc(CCCNC(=O)C(N)Cc2ccc(O)cc2)c(=O)[nH]c1CCCNC(=O)C(N)Cc1ccc(O)cc1.Cl.Cl. The molecule has 3 aromatic rings. The summed E-state index contributed by atoms with van der Waals surface area (Å²) in [5.41, 5.74) is 15.2. The first kappa shape index (κ1) is 36.4. The molecule has 0 saturated heterocycles. The van der Waals surface area contributed by atoms with Crippen LogP contribution in [0.25, 0.3) is 0 Å². The van der Waals surface area contributed by atoms with Crippen molar-refractivity contribution >= 4 is 36.6 Å². The number of phenols is 2. The summed E-state index contributed by atoms with van der Waals surface area (Å²) in [6, 6.07) is 11.7. The van der Waals surface area contributed by atoms with Crippen molar-refractivity contribution in [2.75, 3.05) is 13.1 Å². The van der Waals surface area contributed by atoms with Crippen molar-refractivity contribution in [1.82, 2.24) is 20.6 Å². The van der Waals surface area contributed by atoms with E-state index in [1.165, 1.54) is 0 Å². The summed E-state index contributed by atoms with van der Waals surface area (Å²) in [6.45, 7) is 2.59. The highest BCUT2D eigenvalue weighted by molar-refractivity contribution is 5.85. The highest BCUT2D eigenvalue weighted by Gasteiger charge is 2.15. The lowest BCUT2D eigenvalue weighted by molar-refractivity contribution is -0.123. The van der Waals surface area contributed by atoms with Gasteiger partial charge in [-0.1, -0.05) is 24.3 Å². The lowest BCUT2D eigenvalue weighted by Crippen LogP contribution is -2.42. The Bertz CT molecular complexity index is 1340. The second-order valence-electron chi connectivity index (χ2n) is 9.82. The van der Waals surface area contributed by atoms with Gasteiger partial charge >= 0.3 is 0 Å². The highest BCUT2D eigenvalue weighted by atomic mass is 35.5. The number of halogens is 2. The smallest absolute Gasteiger partial charge is 0.269 e. The number of benzene rings is 2. The summed E-state index contributed by atoms with van der Waals surface area (Å²) in [6.07, 6.45) is 2.79. The maximum absolute atomic E-state index is 12.5. The molecule has 0 radical (unpaired) electrons. The molecule has 11 nitrogen and oxygen atoms in total. The van der Waals surface area contributed by atoms with Gasteiger partial charge in [0, 0.05) is 18.8 Å². The number of H-pyrrole nitrogens is 1. The van der Waals surface area contributed by atoms with Crippen LogP contribution in [0.5, 0.6) is 11.5 Å². The molecule has 2 aromatic carbocycles. The van der Waals surface area contributed by atoms with E-state index in [1.807, 2.05) is 6.92 Å². The molecule has 0 aliphatic carbocycles. The maximum Gasteiger partial charge on any atom is 0.269 e. The van der Waals surface area contributed by atoms with Crippen molar-refractivity contribution in [3.05, 3.63) is 87.1 Å². The molecule has 0 saturated carbocycles. The van der Waals surface area contributed by atoms with E-state index >= 15 is 0 Å². The van der Waals surface area contributed by atoms with Gasteiger partial charge in [-0.05, 0) is 80.8 Å². The second kappa shape index (κ2) is 18.0. The third kappa shape index (κ3) is 11.7. The Hall–Kier alpha value is -3.64. The number of aromatic nitrogens is 2. The number of hydrogen-bond donors (Lipinski definition) is 7. The number of nitrogens with one attached hydrogen (secondary N) is 3. The average Bonchev–Trinajstić information content (AvgIpc) is 2.93. The number of aromatic amines is 1. The second-order valence-corrected chi connectivity index (χ2v) is 9.82. The molecule has 0 aliphatic rings. The molecular formula is C29H40Cl2N6O5. The van der Waals surface area contributed by atoms with E-state index in [-0.39, 0.29) is 53.7 Å². The summed E-state index contributed by atoms with van der Waals surface area (Å²) in [5.74, 6) is -0.234.